The summed E-state index contributed by atoms with van der Waals surface area (Å²) in [7, 11) is 1.68. The number of aromatic nitrogens is 3. The second kappa shape index (κ2) is 4.99. The van der Waals surface area contributed by atoms with Gasteiger partial charge in [-0.15, -0.1) is 0 Å². The number of fused-ring (bicyclic) bond motifs is 1. The van der Waals surface area contributed by atoms with E-state index in [1.807, 2.05) is 10.6 Å². The zero-order valence-electron chi connectivity index (χ0n) is 11.4. The highest BCUT2D eigenvalue weighted by Gasteiger charge is 2.26. The fourth-order valence-corrected chi connectivity index (χ4v) is 2.70. The molecule has 3 heterocycles. The summed E-state index contributed by atoms with van der Waals surface area (Å²) in [5.74, 6) is 1.48. The van der Waals surface area contributed by atoms with Crippen molar-refractivity contribution in [2.45, 2.75) is 12.8 Å². The molecule has 7 nitrogen and oxygen atoms in total. The Balaban J connectivity index is 1.83. The van der Waals surface area contributed by atoms with Gasteiger partial charge in [0, 0.05) is 38.4 Å². The predicted molar refractivity (Wildman–Crippen MR) is 76.4 cm³/mol. The third kappa shape index (κ3) is 2.15. The van der Waals surface area contributed by atoms with Crippen LogP contribution in [0.15, 0.2) is 18.6 Å². The number of hydrogen-bond donors (Lipinski definition) is 2. The zero-order chi connectivity index (χ0) is 14.1. The van der Waals surface area contributed by atoms with Crippen LogP contribution in [0, 0.1) is 5.92 Å². The van der Waals surface area contributed by atoms with Gasteiger partial charge in [-0.25, -0.2) is 9.97 Å². The Hall–Kier alpha value is -2.31. The lowest BCUT2D eigenvalue weighted by atomic mass is 9.96. The summed E-state index contributed by atoms with van der Waals surface area (Å²) in [4.78, 5) is 22.5. The van der Waals surface area contributed by atoms with Gasteiger partial charge in [0.25, 0.3) is 0 Å². The summed E-state index contributed by atoms with van der Waals surface area (Å²) in [6.45, 7) is 1.58. The van der Waals surface area contributed by atoms with E-state index in [1.54, 1.807) is 19.4 Å². The average Bonchev–Trinajstić information content (AvgIpc) is 2.94. The number of nitrogens with zero attached hydrogens (tertiary/aromatic N) is 4. The molecule has 0 bridgehead atoms. The molecule has 0 atom stereocenters. The zero-order valence-corrected chi connectivity index (χ0v) is 11.4. The van der Waals surface area contributed by atoms with E-state index in [2.05, 4.69) is 20.2 Å². The van der Waals surface area contributed by atoms with E-state index in [1.165, 1.54) is 0 Å². The molecule has 1 fully saturated rings. The number of nitrogen functional groups attached to an aromatic ring is 1. The Morgan fingerprint density at radius 1 is 1.45 bits per heavy atom. The minimum Gasteiger partial charge on any atom is -0.382 e. The molecule has 3 rings (SSSR count). The van der Waals surface area contributed by atoms with Gasteiger partial charge in [-0.05, 0) is 12.8 Å². The molecule has 106 valence electrons. The Morgan fingerprint density at radius 3 is 2.90 bits per heavy atom. The van der Waals surface area contributed by atoms with Crippen LogP contribution in [0.1, 0.15) is 12.8 Å². The van der Waals surface area contributed by atoms with Gasteiger partial charge in [0.15, 0.2) is 11.5 Å². The van der Waals surface area contributed by atoms with Crippen LogP contribution in [0.2, 0.25) is 0 Å². The molecular weight excluding hydrogens is 256 g/mol. The van der Waals surface area contributed by atoms with Gasteiger partial charge in [0.2, 0.25) is 5.91 Å². The van der Waals surface area contributed by atoms with Crippen LogP contribution < -0.4 is 16.0 Å². The maximum Gasteiger partial charge on any atom is 0.222 e. The summed E-state index contributed by atoms with van der Waals surface area (Å²) in [5, 5.41) is 2.71. The van der Waals surface area contributed by atoms with Crippen molar-refractivity contribution in [1.82, 2.24) is 19.7 Å². The molecule has 7 heteroatoms. The van der Waals surface area contributed by atoms with Crippen LogP contribution in [0.5, 0.6) is 0 Å². The van der Waals surface area contributed by atoms with E-state index < -0.39 is 0 Å². The summed E-state index contributed by atoms with van der Waals surface area (Å²) in [6, 6.07) is 0. The van der Waals surface area contributed by atoms with Gasteiger partial charge in [-0.3, -0.25) is 4.79 Å². The van der Waals surface area contributed by atoms with E-state index in [9.17, 15) is 4.79 Å². The van der Waals surface area contributed by atoms with Crippen molar-refractivity contribution in [3.63, 3.8) is 0 Å². The van der Waals surface area contributed by atoms with E-state index in [-0.39, 0.29) is 11.8 Å². The molecule has 2 aromatic rings. The number of nitrogens with one attached hydrogen (secondary N) is 1. The minimum atomic E-state index is 0.0908. The van der Waals surface area contributed by atoms with Crippen LogP contribution in [-0.4, -0.2) is 40.4 Å². The fourth-order valence-electron chi connectivity index (χ4n) is 2.70. The molecule has 0 saturated carbocycles. The van der Waals surface area contributed by atoms with Crippen molar-refractivity contribution in [3.8, 4) is 0 Å². The van der Waals surface area contributed by atoms with E-state index in [4.69, 9.17) is 5.73 Å². The third-order valence-corrected chi connectivity index (χ3v) is 3.79. The number of piperidine rings is 1. The van der Waals surface area contributed by atoms with Gasteiger partial charge >= 0.3 is 0 Å². The molecule has 1 amide bonds. The fraction of sp³-hybridized carbons (Fsp3) is 0.462. The monoisotopic (exact) mass is 274 g/mol. The number of imidazole rings is 1. The number of carbonyl (C=O) groups is 1. The van der Waals surface area contributed by atoms with Crippen LogP contribution in [0.4, 0.5) is 11.6 Å². The van der Waals surface area contributed by atoms with Crippen molar-refractivity contribution in [3.05, 3.63) is 18.6 Å². The topological polar surface area (TPSA) is 88.5 Å². The van der Waals surface area contributed by atoms with Crippen molar-refractivity contribution in [1.29, 1.82) is 0 Å². The van der Waals surface area contributed by atoms with Gasteiger partial charge in [0.05, 0.1) is 6.20 Å². The van der Waals surface area contributed by atoms with Crippen molar-refractivity contribution in [2.75, 3.05) is 30.8 Å². The highest BCUT2D eigenvalue weighted by Crippen LogP contribution is 2.25. The third-order valence-electron chi connectivity index (χ3n) is 3.79. The number of amides is 1. The molecule has 2 aromatic heterocycles. The van der Waals surface area contributed by atoms with Crippen LogP contribution >= 0.6 is 0 Å². The van der Waals surface area contributed by atoms with Gasteiger partial charge in [-0.1, -0.05) is 0 Å². The number of carbonyl (C=O) groups excluding carboxylic acids is 1. The van der Waals surface area contributed by atoms with Crippen LogP contribution in [-0.2, 0) is 4.79 Å². The molecule has 0 spiro atoms. The van der Waals surface area contributed by atoms with Gasteiger partial charge < -0.3 is 20.4 Å². The van der Waals surface area contributed by atoms with Crippen molar-refractivity contribution in [2.24, 2.45) is 5.92 Å². The lowest BCUT2D eigenvalue weighted by molar-refractivity contribution is -0.125. The smallest absolute Gasteiger partial charge is 0.222 e. The number of hydrogen-bond acceptors (Lipinski definition) is 5. The highest BCUT2D eigenvalue weighted by atomic mass is 16.1. The second-order valence-electron chi connectivity index (χ2n) is 5.02. The summed E-state index contributed by atoms with van der Waals surface area (Å²) in [5.41, 5.74) is 6.64. The van der Waals surface area contributed by atoms with Crippen molar-refractivity contribution >= 4 is 23.2 Å². The van der Waals surface area contributed by atoms with Crippen molar-refractivity contribution < 1.29 is 4.79 Å². The van der Waals surface area contributed by atoms with E-state index >= 15 is 0 Å². The first-order valence-electron chi connectivity index (χ1n) is 6.75. The Kier molecular flexibility index (Phi) is 3.17. The first kappa shape index (κ1) is 12.7. The molecule has 1 saturated heterocycles. The quantitative estimate of drug-likeness (QED) is 0.821. The molecule has 0 aliphatic carbocycles. The Morgan fingerprint density at radius 2 is 2.20 bits per heavy atom. The van der Waals surface area contributed by atoms with E-state index in [0.29, 0.717) is 5.82 Å². The molecule has 20 heavy (non-hydrogen) atoms. The first-order chi connectivity index (χ1) is 9.69. The molecule has 0 radical (unpaired) electrons. The SMILES string of the molecule is CNC(=O)C1CCN(c2nc(N)cn3ccnc23)CC1. The molecule has 0 unspecified atom stereocenters. The number of rotatable bonds is 2. The number of nitrogens with two attached hydrogens (primary N) is 1. The number of anilines is 2. The van der Waals surface area contributed by atoms with Gasteiger partial charge in [-0.2, -0.15) is 0 Å². The molecule has 3 N–H and O–H groups in total. The Bertz CT molecular complexity index is 629. The lowest BCUT2D eigenvalue weighted by Crippen LogP contribution is -2.40. The van der Waals surface area contributed by atoms with Crippen LogP contribution in [0.3, 0.4) is 0 Å². The average molecular weight is 274 g/mol. The maximum absolute atomic E-state index is 11.7. The highest BCUT2D eigenvalue weighted by molar-refractivity contribution is 5.78. The second-order valence-corrected chi connectivity index (χ2v) is 5.02. The summed E-state index contributed by atoms with van der Waals surface area (Å²) in [6.07, 6.45) is 6.99. The first-order valence-corrected chi connectivity index (χ1v) is 6.75. The summed E-state index contributed by atoms with van der Waals surface area (Å²) < 4.78 is 1.88. The predicted octanol–water partition coefficient (Wildman–Crippen LogP) is 0.274. The molecule has 1 aliphatic rings. The standard InChI is InChI=1S/C13H18N6O/c1-15-13(20)9-2-5-18(6-3-9)12-11-16-4-7-19(11)8-10(14)17-12/h4,7-9H,2-3,5-6,14H2,1H3,(H,15,20). The summed E-state index contributed by atoms with van der Waals surface area (Å²) >= 11 is 0. The molecule has 0 aromatic carbocycles. The largest absolute Gasteiger partial charge is 0.382 e. The van der Waals surface area contributed by atoms with Gasteiger partial charge in [0.1, 0.15) is 5.82 Å². The minimum absolute atomic E-state index is 0.0908. The normalized spacial score (nSPS) is 16.6. The molecule has 1 aliphatic heterocycles. The van der Waals surface area contributed by atoms with Crippen LogP contribution in [0.25, 0.3) is 5.65 Å². The maximum atomic E-state index is 11.7. The Labute approximate surface area is 116 Å². The molecular formula is C13H18N6O. The van der Waals surface area contributed by atoms with E-state index in [0.717, 1.165) is 37.4 Å². The lowest BCUT2D eigenvalue weighted by Gasteiger charge is -2.32.